The number of rotatable bonds is 4. The molecule has 3 aromatic rings. The van der Waals surface area contributed by atoms with Crippen molar-refractivity contribution < 1.29 is 9.18 Å². The summed E-state index contributed by atoms with van der Waals surface area (Å²) in [5.74, 6) is -0.458. The third kappa shape index (κ3) is 3.02. The summed E-state index contributed by atoms with van der Waals surface area (Å²) >= 11 is 6.00. The van der Waals surface area contributed by atoms with Crippen molar-refractivity contribution in [2.24, 2.45) is 0 Å². The quantitative estimate of drug-likeness (QED) is 0.551. The zero-order valence-corrected chi connectivity index (χ0v) is 15.7. The van der Waals surface area contributed by atoms with Gasteiger partial charge in [0.1, 0.15) is 5.82 Å². The van der Waals surface area contributed by atoms with E-state index in [4.69, 9.17) is 11.6 Å². The molecular weight excluding hydrogens is 363 g/mol. The molecule has 27 heavy (non-hydrogen) atoms. The highest BCUT2D eigenvalue weighted by Crippen LogP contribution is 2.43. The first-order chi connectivity index (χ1) is 13.0. The first-order valence-electron chi connectivity index (χ1n) is 8.96. The largest absolute Gasteiger partial charge is 0.339 e. The Bertz CT molecular complexity index is 1090. The average Bonchev–Trinajstić information content (AvgIpc) is 3.17. The standard InChI is InChI=1S/C22H18ClFN2O/c1-13(27)19-10-17(24)11-20-18-7-4-15(8-9-25)21(18)26(22(19)20)12-14-2-5-16(23)6-3-14/h2-3,5-6,10-11,15H,4,7-8,12H2,1H3/t15-/m1/s1. The van der Waals surface area contributed by atoms with Gasteiger partial charge in [0, 0.05) is 40.5 Å². The van der Waals surface area contributed by atoms with E-state index in [0.29, 0.717) is 23.6 Å². The summed E-state index contributed by atoms with van der Waals surface area (Å²) in [6, 6.07) is 12.7. The van der Waals surface area contributed by atoms with Crippen LogP contribution in [0, 0.1) is 17.1 Å². The Labute approximate surface area is 162 Å². The molecule has 1 aliphatic carbocycles. The van der Waals surface area contributed by atoms with E-state index in [1.165, 1.54) is 19.1 Å². The number of nitrogens with zero attached hydrogens (tertiary/aromatic N) is 2. The van der Waals surface area contributed by atoms with E-state index in [1.807, 2.05) is 24.3 Å². The number of Topliss-reactive ketones (excluding diaryl/α,β-unsaturated/α-hetero) is 1. The van der Waals surface area contributed by atoms with Crippen LogP contribution in [0.3, 0.4) is 0 Å². The van der Waals surface area contributed by atoms with Crippen molar-refractivity contribution in [3.8, 4) is 6.07 Å². The van der Waals surface area contributed by atoms with Gasteiger partial charge in [-0.3, -0.25) is 4.79 Å². The van der Waals surface area contributed by atoms with Crippen molar-refractivity contribution in [1.29, 1.82) is 5.26 Å². The number of ketones is 1. The van der Waals surface area contributed by atoms with E-state index >= 15 is 0 Å². The number of halogens is 2. The van der Waals surface area contributed by atoms with Gasteiger partial charge < -0.3 is 4.57 Å². The highest BCUT2D eigenvalue weighted by atomic mass is 35.5. The second-order valence-corrected chi connectivity index (χ2v) is 7.52. The monoisotopic (exact) mass is 380 g/mol. The van der Waals surface area contributed by atoms with Crippen molar-refractivity contribution in [1.82, 2.24) is 4.57 Å². The number of hydrogen-bond acceptors (Lipinski definition) is 2. The molecule has 0 fully saturated rings. The smallest absolute Gasteiger partial charge is 0.162 e. The highest BCUT2D eigenvalue weighted by molar-refractivity contribution is 6.30. The molecule has 0 radical (unpaired) electrons. The number of carbonyl (C=O) groups excluding carboxylic acids is 1. The molecular formula is C22H18ClFN2O. The molecule has 2 aromatic carbocycles. The Hall–Kier alpha value is -2.64. The molecule has 0 aliphatic heterocycles. The Kier molecular flexibility index (Phi) is 4.49. The molecule has 1 aliphatic rings. The van der Waals surface area contributed by atoms with E-state index in [1.54, 1.807) is 0 Å². The summed E-state index contributed by atoms with van der Waals surface area (Å²) in [5, 5.41) is 10.7. The fourth-order valence-electron chi connectivity index (χ4n) is 4.24. The van der Waals surface area contributed by atoms with E-state index in [0.717, 1.165) is 40.6 Å². The number of hydrogen-bond donors (Lipinski definition) is 0. The van der Waals surface area contributed by atoms with E-state index in [-0.39, 0.29) is 11.7 Å². The molecule has 1 heterocycles. The van der Waals surface area contributed by atoms with E-state index in [9.17, 15) is 14.4 Å². The van der Waals surface area contributed by atoms with Crippen molar-refractivity contribution >= 4 is 28.3 Å². The molecule has 0 amide bonds. The molecule has 0 bridgehead atoms. The lowest BCUT2D eigenvalue weighted by Crippen LogP contribution is -2.09. The lowest BCUT2D eigenvalue weighted by molar-refractivity contribution is 0.101. The minimum absolute atomic E-state index is 0.104. The maximum atomic E-state index is 14.2. The summed E-state index contributed by atoms with van der Waals surface area (Å²) in [4.78, 5) is 12.2. The summed E-state index contributed by atoms with van der Waals surface area (Å²) in [6.07, 6.45) is 2.09. The van der Waals surface area contributed by atoms with Crippen molar-refractivity contribution in [3.63, 3.8) is 0 Å². The van der Waals surface area contributed by atoms with Crippen LogP contribution in [0.4, 0.5) is 4.39 Å². The Morgan fingerprint density at radius 3 is 2.74 bits per heavy atom. The van der Waals surface area contributed by atoms with Gasteiger partial charge in [-0.1, -0.05) is 23.7 Å². The van der Waals surface area contributed by atoms with Gasteiger partial charge in [-0.15, -0.1) is 0 Å². The Morgan fingerprint density at radius 2 is 2.07 bits per heavy atom. The zero-order chi connectivity index (χ0) is 19.1. The topological polar surface area (TPSA) is 45.8 Å². The van der Waals surface area contributed by atoms with Crippen molar-refractivity contribution in [2.45, 2.75) is 38.6 Å². The molecule has 0 N–H and O–H groups in total. The minimum atomic E-state index is -0.400. The maximum absolute atomic E-state index is 14.2. The lowest BCUT2D eigenvalue weighted by atomic mass is 10.0. The van der Waals surface area contributed by atoms with Gasteiger partial charge in [0.2, 0.25) is 0 Å². The summed E-state index contributed by atoms with van der Waals surface area (Å²) in [7, 11) is 0. The molecule has 0 saturated carbocycles. The third-order valence-electron chi connectivity index (χ3n) is 5.37. The van der Waals surface area contributed by atoms with Crippen molar-refractivity contribution in [3.05, 3.63) is 69.6 Å². The van der Waals surface area contributed by atoms with Gasteiger partial charge in [-0.2, -0.15) is 5.26 Å². The van der Waals surface area contributed by atoms with Gasteiger partial charge in [-0.05, 0) is 55.2 Å². The van der Waals surface area contributed by atoms with Gasteiger partial charge in [0.25, 0.3) is 0 Å². The minimum Gasteiger partial charge on any atom is -0.339 e. The van der Waals surface area contributed by atoms with Crippen LogP contribution in [-0.4, -0.2) is 10.4 Å². The molecule has 4 rings (SSSR count). The number of aryl methyl sites for hydroxylation is 1. The number of nitriles is 1. The highest BCUT2D eigenvalue weighted by Gasteiger charge is 2.31. The van der Waals surface area contributed by atoms with Crippen molar-refractivity contribution in [2.75, 3.05) is 0 Å². The molecule has 1 aromatic heterocycles. The number of carbonyl (C=O) groups is 1. The Morgan fingerprint density at radius 1 is 1.33 bits per heavy atom. The second kappa shape index (κ2) is 6.83. The number of fused-ring (bicyclic) bond motifs is 3. The van der Waals surface area contributed by atoms with Gasteiger partial charge in [0.05, 0.1) is 11.6 Å². The van der Waals surface area contributed by atoms with Crippen LogP contribution < -0.4 is 0 Å². The van der Waals surface area contributed by atoms with Crippen LogP contribution in [0.2, 0.25) is 5.02 Å². The first-order valence-corrected chi connectivity index (χ1v) is 9.34. The molecule has 0 spiro atoms. The normalized spacial score (nSPS) is 15.7. The predicted octanol–water partition coefficient (Wildman–Crippen LogP) is 5.63. The molecule has 1 atom stereocenters. The van der Waals surface area contributed by atoms with Crippen LogP contribution in [0.25, 0.3) is 10.9 Å². The third-order valence-corrected chi connectivity index (χ3v) is 5.62. The maximum Gasteiger partial charge on any atom is 0.162 e. The molecule has 136 valence electrons. The Balaban J connectivity index is 1.99. The average molecular weight is 381 g/mol. The first kappa shape index (κ1) is 17.8. The van der Waals surface area contributed by atoms with Crippen LogP contribution in [0.15, 0.2) is 36.4 Å². The van der Waals surface area contributed by atoms with Gasteiger partial charge in [-0.25, -0.2) is 4.39 Å². The van der Waals surface area contributed by atoms with Crippen LogP contribution in [-0.2, 0) is 13.0 Å². The summed E-state index contributed by atoms with van der Waals surface area (Å²) in [5.41, 5.74) is 4.34. The predicted molar refractivity (Wildman–Crippen MR) is 104 cm³/mol. The van der Waals surface area contributed by atoms with Gasteiger partial charge in [0.15, 0.2) is 5.78 Å². The fraction of sp³-hybridized carbons (Fsp3) is 0.273. The van der Waals surface area contributed by atoms with Crippen LogP contribution >= 0.6 is 11.6 Å². The van der Waals surface area contributed by atoms with E-state index in [2.05, 4.69) is 10.6 Å². The second-order valence-electron chi connectivity index (χ2n) is 7.08. The number of aromatic nitrogens is 1. The summed E-state index contributed by atoms with van der Waals surface area (Å²) < 4.78 is 16.3. The molecule has 3 nitrogen and oxygen atoms in total. The van der Waals surface area contributed by atoms with Crippen LogP contribution in [0.5, 0.6) is 0 Å². The van der Waals surface area contributed by atoms with Crippen LogP contribution in [0.1, 0.15) is 52.9 Å². The van der Waals surface area contributed by atoms with Gasteiger partial charge >= 0.3 is 0 Å². The molecule has 5 heteroatoms. The fourth-order valence-corrected chi connectivity index (χ4v) is 4.37. The zero-order valence-electron chi connectivity index (χ0n) is 14.9. The molecule has 0 unspecified atom stereocenters. The lowest BCUT2D eigenvalue weighted by Gasteiger charge is -2.16. The molecule has 0 saturated heterocycles. The number of benzene rings is 2. The van der Waals surface area contributed by atoms with E-state index < -0.39 is 5.82 Å². The summed E-state index contributed by atoms with van der Waals surface area (Å²) in [6.45, 7) is 2.02. The SMILES string of the molecule is CC(=O)c1cc(F)cc2c3c(n(Cc4ccc(Cl)cc4)c12)[C@@H](CC#N)CC3.